The number of halogens is 1. The fraction of sp³-hybridized carbons (Fsp3) is 0.562. The maximum absolute atomic E-state index is 12.9. The van der Waals surface area contributed by atoms with E-state index < -0.39 is 11.6 Å². The molecule has 1 aromatic rings. The molecule has 6 heteroatoms. The number of nitrogens with zero attached hydrogens (tertiary/aromatic N) is 1. The first-order valence-electron chi connectivity index (χ1n) is 7.73. The Morgan fingerprint density at radius 1 is 1.41 bits per heavy atom. The summed E-state index contributed by atoms with van der Waals surface area (Å²) in [5.41, 5.74) is 0.241. The van der Waals surface area contributed by atoms with Crippen LogP contribution in [0.5, 0.6) is 5.75 Å². The number of piperidine rings is 1. The number of nitrogens with one attached hydrogen (secondary N) is 1. The van der Waals surface area contributed by atoms with Gasteiger partial charge in [0.05, 0.1) is 6.61 Å². The number of rotatable bonds is 6. The molecule has 5 nitrogen and oxygen atoms in total. The van der Waals surface area contributed by atoms with Gasteiger partial charge in [0.2, 0.25) is 0 Å². The Balaban J connectivity index is 1.73. The normalized spacial score (nSPS) is 19.1. The first-order chi connectivity index (χ1) is 10.6. The number of phenolic OH excluding ortho intramolecular Hbond substituents is 1. The van der Waals surface area contributed by atoms with E-state index in [1.165, 1.54) is 6.07 Å². The topological polar surface area (TPSA) is 72.8 Å². The Bertz CT molecular complexity index is 510. The van der Waals surface area contributed by atoms with Crippen LogP contribution in [0, 0.1) is 5.82 Å². The van der Waals surface area contributed by atoms with E-state index in [1.807, 2.05) is 0 Å². The Hall–Kier alpha value is -1.66. The molecule has 122 valence electrons. The monoisotopic (exact) mass is 310 g/mol. The van der Waals surface area contributed by atoms with Gasteiger partial charge in [0.25, 0.3) is 5.91 Å². The van der Waals surface area contributed by atoms with Gasteiger partial charge in [-0.15, -0.1) is 0 Å². The Kier molecular flexibility index (Phi) is 6.15. The van der Waals surface area contributed by atoms with Gasteiger partial charge in [-0.2, -0.15) is 0 Å². The summed E-state index contributed by atoms with van der Waals surface area (Å²) in [7, 11) is 0. The second kappa shape index (κ2) is 8.10. The van der Waals surface area contributed by atoms with Gasteiger partial charge in [0.15, 0.2) is 11.6 Å². The SMILES string of the molecule is O=C(NCCCN1CCCC[C@@H]1CO)c1ccc(F)c(O)c1. The molecular formula is C16H23FN2O3. The molecule has 0 aromatic heterocycles. The number of hydrogen-bond donors (Lipinski definition) is 3. The molecule has 1 aliphatic rings. The summed E-state index contributed by atoms with van der Waals surface area (Å²) in [5.74, 6) is -1.59. The van der Waals surface area contributed by atoms with Gasteiger partial charge in [-0.05, 0) is 44.0 Å². The number of hydrogen-bond acceptors (Lipinski definition) is 4. The van der Waals surface area contributed by atoms with Gasteiger partial charge in [-0.25, -0.2) is 4.39 Å². The standard InChI is InChI=1S/C16H23FN2O3/c17-14-6-5-12(10-15(14)21)16(22)18-7-3-9-19-8-2-1-4-13(19)11-20/h5-6,10,13,20-21H,1-4,7-9,11H2,(H,18,22)/t13-/m1/s1. The average Bonchev–Trinajstić information content (AvgIpc) is 2.54. The van der Waals surface area contributed by atoms with Crippen molar-refractivity contribution in [2.24, 2.45) is 0 Å². The first-order valence-corrected chi connectivity index (χ1v) is 7.73. The van der Waals surface area contributed by atoms with Gasteiger partial charge >= 0.3 is 0 Å². The van der Waals surface area contributed by atoms with Gasteiger partial charge in [-0.3, -0.25) is 9.69 Å². The van der Waals surface area contributed by atoms with Crippen LogP contribution in [-0.2, 0) is 0 Å². The quantitative estimate of drug-likeness (QED) is 0.696. The van der Waals surface area contributed by atoms with E-state index >= 15 is 0 Å². The van der Waals surface area contributed by atoms with E-state index in [4.69, 9.17) is 0 Å². The molecule has 0 aliphatic carbocycles. The van der Waals surface area contributed by atoms with Crippen molar-refractivity contribution >= 4 is 5.91 Å². The predicted molar refractivity (Wildman–Crippen MR) is 81.3 cm³/mol. The molecule has 1 aromatic carbocycles. The molecule has 1 saturated heterocycles. The van der Waals surface area contributed by atoms with Crippen LogP contribution in [0.25, 0.3) is 0 Å². The number of likely N-dealkylation sites (tertiary alicyclic amines) is 1. The van der Waals surface area contributed by atoms with Crippen LogP contribution in [0.3, 0.4) is 0 Å². The lowest BCUT2D eigenvalue weighted by Gasteiger charge is -2.34. The molecule has 1 fully saturated rings. The van der Waals surface area contributed by atoms with E-state index in [0.29, 0.717) is 6.54 Å². The van der Waals surface area contributed by atoms with E-state index in [-0.39, 0.29) is 24.1 Å². The third kappa shape index (κ3) is 4.42. The van der Waals surface area contributed by atoms with Crippen LogP contribution in [0.2, 0.25) is 0 Å². The minimum Gasteiger partial charge on any atom is -0.505 e. The maximum Gasteiger partial charge on any atom is 0.251 e. The number of amides is 1. The summed E-state index contributed by atoms with van der Waals surface area (Å²) in [5, 5.41) is 21.4. The Morgan fingerprint density at radius 3 is 2.95 bits per heavy atom. The molecule has 0 bridgehead atoms. The van der Waals surface area contributed by atoms with Crippen LogP contribution in [0.4, 0.5) is 4.39 Å². The van der Waals surface area contributed by atoms with Crippen molar-refractivity contribution in [3.63, 3.8) is 0 Å². The second-order valence-electron chi connectivity index (χ2n) is 5.64. The molecule has 0 unspecified atom stereocenters. The number of aromatic hydroxyl groups is 1. The number of carbonyl (C=O) groups excluding carboxylic acids is 1. The van der Waals surface area contributed by atoms with Crippen LogP contribution >= 0.6 is 0 Å². The van der Waals surface area contributed by atoms with E-state index in [9.17, 15) is 19.4 Å². The lowest BCUT2D eigenvalue weighted by Crippen LogP contribution is -2.43. The summed E-state index contributed by atoms with van der Waals surface area (Å²) in [6.07, 6.45) is 4.12. The molecule has 0 radical (unpaired) electrons. The minimum atomic E-state index is -0.739. The van der Waals surface area contributed by atoms with E-state index in [2.05, 4.69) is 10.2 Å². The zero-order chi connectivity index (χ0) is 15.9. The fourth-order valence-corrected chi connectivity index (χ4v) is 2.80. The number of aliphatic hydroxyl groups is 1. The lowest BCUT2D eigenvalue weighted by atomic mass is 10.0. The highest BCUT2D eigenvalue weighted by atomic mass is 19.1. The number of phenols is 1. The number of carbonyl (C=O) groups is 1. The molecule has 1 heterocycles. The molecular weight excluding hydrogens is 287 g/mol. The van der Waals surface area contributed by atoms with Crippen molar-refractivity contribution in [1.29, 1.82) is 0 Å². The lowest BCUT2D eigenvalue weighted by molar-refractivity contribution is 0.0868. The Labute approximate surface area is 129 Å². The Morgan fingerprint density at radius 2 is 2.23 bits per heavy atom. The molecule has 0 saturated carbocycles. The molecule has 1 atom stereocenters. The largest absolute Gasteiger partial charge is 0.505 e. The second-order valence-corrected chi connectivity index (χ2v) is 5.64. The van der Waals surface area contributed by atoms with E-state index in [0.717, 1.165) is 50.9 Å². The minimum absolute atomic E-state index is 0.182. The average molecular weight is 310 g/mol. The number of benzene rings is 1. The highest BCUT2D eigenvalue weighted by Crippen LogP contribution is 2.17. The molecule has 1 amide bonds. The third-order valence-corrected chi connectivity index (χ3v) is 4.08. The smallest absolute Gasteiger partial charge is 0.251 e. The van der Waals surface area contributed by atoms with Gasteiger partial charge in [0, 0.05) is 24.7 Å². The molecule has 3 N–H and O–H groups in total. The van der Waals surface area contributed by atoms with Crippen molar-refractivity contribution < 1.29 is 19.4 Å². The summed E-state index contributed by atoms with van der Waals surface area (Å²) >= 11 is 0. The summed E-state index contributed by atoms with van der Waals surface area (Å²) in [6, 6.07) is 3.77. The summed E-state index contributed by atoms with van der Waals surface area (Å²) in [6.45, 7) is 2.51. The third-order valence-electron chi connectivity index (χ3n) is 4.08. The number of aliphatic hydroxyl groups excluding tert-OH is 1. The van der Waals surface area contributed by atoms with Crippen molar-refractivity contribution in [3.05, 3.63) is 29.6 Å². The van der Waals surface area contributed by atoms with Crippen molar-refractivity contribution in [2.45, 2.75) is 31.7 Å². The molecule has 1 aliphatic heterocycles. The molecule has 22 heavy (non-hydrogen) atoms. The van der Waals surface area contributed by atoms with Crippen LogP contribution in [0.15, 0.2) is 18.2 Å². The predicted octanol–water partition coefficient (Wildman–Crippen LogP) is 1.50. The van der Waals surface area contributed by atoms with Crippen molar-refractivity contribution in [3.8, 4) is 5.75 Å². The highest BCUT2D eigenvalue weighted by molar-refractivity contribution is 5.94. The van der Waals surface area contributed by atoms with Crippen LogP contribution in [-0.4, -0.2) is 53.3 Å². The van der Waals surface area contributed by atoms with Gasteiger partial charge < -0.3 is 15.5 Å². The zero-order valence-electron chi connectivity index (χ0n) is 12.6. The zero-order valence-corrected chi connectivity index (χ0v) is 12.6. The summed E-state index contributed by atoms with van der Waals surface area (Å²) in [4.78, 5) is 14.1. The highest BCUT2D eigenvalue weighted by Gasteiger charge is 2.20. The van der Waals surface area contributed by atoms with Crippen molar-refractivity contribution in [1.82, 2.24) is 10.2 Å². The van der Waals surface area contributed by atoms with Crippen molar-refractivity contribution in [2.75, 3.05) is 26.2 Å². The summed E-state index contributed by atoms with van der Waals surface area (Å²) < 4.78 is 12.9. The van der Waals surface area contributed by atoms with Gasteiger partial charge in [-0.1, -0.05) is 6.42 Å². The van der Waals surface area contributed by atoms with Crippen LogP contribution in [0.1, 0.15) is 36.0 Å². The fourth-order valence-electron chi connectivity index (χ4n) is 2.80. The first kappa shape index (κ1) is 16.7. The molecule has 0 spiro atoms. The van der Waals surface area contributed by atoms with Gasteiger partial charge in [0.1, 0.15) is 0 Å². The molecule has 2 rings (SSSR count). The van der Waals surface area contributed by atoms with E-state index in [1.54, 1.807) is 0 Å². The van der Waals surface area contributed by atoms with Crippen LogP contribution < -0.4 is 5.32 Å². The maximum atomic E-state index is 12.9.